The second-order valence-electron chi connectivity index (χ2n) is 11.6. The van der Waals surface area contributed by atoms with Crippen molar-refractivity contribution in [1.82, 2.24) is 15.0 Å². The Hall–Kier alpha value is -2.78. The third kappa shape index (κ3) is 4.07. The molecule has 2 aromatic heterocycles. The molecule has 5 aliphatic rings. The quantitative estimate of drug-likeness (QED) is 0.616. The molecule has 3 saturated carbocycles. The number of piperazine rings is 1. The fourth-order valence-corrected chi connectivity index (χ4v) is 7.56. The number of alkyl halides is 3. The molecule has 2 aliphatic heterocycles. The first-order chi connectivity index (χ1) is 17.9. The number of halogens is 3. The van der Waals surface area contributed by atoms with Crippen LogP contribution in [0.25, 0.3) is 0 Å². The zero-order chi connectivity index (χ0) is 25.2. The highest BCUT2D eigenvalue weighted by molar-refractivity contribution is 5.57. The van der Waals surface area contributed by atoms with Gasteiger partial charge in [0.2, 0.25) is 5.95 Å². The van der Waals surface area contributed by atoms with Crippen LogP contribution in [-0.4, -0.2) is 60.3 Å². The van der Waals surface area contributed by atoms with Crippen molar-refractivity contribution in [3.05, 3.63) is 30.0 Å². The molecule has 4 unspecified atom stereocenters. The maximum Gasteiger partial charge on any atom is 0.419 e. The number of nitrogens with zero attached hydrogens (tertiary/aromatic N) is 6. The van der Waals surface area contributed by atoms with E-state index in [1.807, 2.05) is 0 Å². The number of hydrogen-bond donors (Lipinski definition) is 1. The second-order valence-corrected chi connectivity index (χ2v) is 11.6. The summed E-state index contributed by atoms with van der Waals surface area (Å²) < 4.78 is 40.6. The van der Waals surface area contributed by atoms with Gasteiger partial charge >= 0.3 is 6.18 Å². The van der Waals surface area contributed by atoms with E-state index < -0.39 is 11.7 Å². The fourth-order valence-electron chi connectivity index (χ4n) is 7.56. The minimum atomic E-state index is -4.42. The van der Waals surface area contributed by atoms with Crippen LogP contribution in [0.5, 0.6) is 0 Å². The normalized spacial score (nSPS) is 31.0. The minimum absolute atomic E-state index is 0.00819. The molecule has 5 fully saturated rings. The number of hydrogen-bond acceptors (Lipinski definition) is 7. The van der Waals surface area contributed by atoms with Crippen LogP contribution in [0.1, 0.15) is 50.5 Å². The van der Waals surface area contributed by atoms with Gasteiger partial charge in [-0.25, -0.2) is 4.98 Å². The lowest BCUT2D eigenvalue weighted by molar-refractivity contribution is -0.137. The highest BCUT2D eigenvalue weighted by atomic mass is 19.4. The summed E-state index contributed by atoms with van der Waals surface area (Å²) in [6.07, 6.45) is 5.98. The van der Waals surface area contributed by atoms with E-state index in [-0.39, 0.29) is 5.82 Å². The number of aromatic nitrogens is 3. The standard InChI is InChI=1S/C27H34F3N7/c28-27(29,30)20-5-4-8-31-24(20)36-11-13-37(14-12-36)25-33-22(15-23(34-25)35-9-2-1-3-10-35)32-21-17-26-16-18(26)6-7-19(21)26/h4-5,8,15,18-19,21H,1-3,6-7,9-14,16-17H2,(H,32,33,34). The molecule has 0 amide bonds. The molecular weight excluding hydrogens is 479 g/mol. The minimum Gasteiger partial charge on any atom is -0.367 e. The Morgan fingerprint density at radius 2 is 1.68 bits per heavy atom. The van der Waals surface area contributed by atoms with E-state index in [2.05, 4.69) is 26.2 Å². The monoisotopic (exact) mass is 513 g/mol. The smallest absolute Gasteiger partial charge is 0.367 e. The Morgan fingerprint density at radius 1 is 0.892 bits per heavy atom. The first kappa shape index (κ1) is 23.3. The molecule has 0 bridgehead atoms. The maximum atomic E-state index is 13.5. The highest BCUT2D eigenvalue weighted by Gasteiger charge is 2.70. The number of piperidine rings is 1. The van der Waals surface area contributed by atoms with Crippen LogP contribution in [0.3, 0.4) is 0 Å². The Balaban J connectivity index is 1.10. The van der Waals surface area contributed by atoms with Gasteiger partial charge in [0.15, 0.2) is 0 Å². The van der Waals surface area contributed by atoms with Crippen LogP contribution >= 0.6 is 0 Å². The van der Waals surface area contributed by atoms with E-state index >= 15 is 0 Å². The molecule has 4 heterocycles. The van der Waals surface area contributed by atoms with Crippen LogP contribution in [0.15, 0.2) is 24.4 Å². The SMILES string of the molecule is FC(F)(F)c1cccnc1N1CCN(c2nc(NC3CC45CC4CCC35)cc(N3CCCCC3)n2)CC1. The van der Waals surface area contributed by atoms with E-state index in [0.717, 1.165) is 42.6 Å². The van der Waals surface area contributed by atoms with Gasteiger partial charge in [0, 0.05) is 57.6 Å². The van der Waals surface area contributed by atoms with E-state index in [0.29, 0.717) is 43.6 Å². The van der Waals surface area contributed by atoms with Gasteiger partial charge in [0.05, 0.1) is 5.56 Å². The molecule has 0 radical (unpaired) electrons. The van der Waals surface area contributed by atoms with Gasteiger partial charge in [-0.15, -0.1) is 0 Å². The molecule has 3 aliphatic carbocycles. The van der Waals surface area contributed by atoms with Crippen LogP contribution in [-0.2, 0) is 6.18 Å². The van der Waals surface area contributed by atoms with E-state index in [9.17, 15) is 13.2 Å². The summed E-state index contributed by atoms with van der Waals surface area (Å²) in [7, 11) is 0. The second kappa shape index (κ2) is 8.63. The van der Waals surface area contributed by atoms with Crippen LogP contribution in [0, 0.1) is 17.3 Å². The molecule has 37 heavy (non-hydrogen) atoms. The van der Waals surface area contributed by atoms with E-state index in [1.165, 1.54) is 57.2 Å². The highest BCUT2D eigenvalue weighted by Crippen LogP contribution is 2.76. The molecule has 4 atom stereocenters. The van der Waals surface area contributed by atoms with Crippen molar-refractivity contribution in [1.29, 1.82) is 0 Å². The van der Waals surface area contributed by atoms with Crippen molar-refractivity contribution in [2.45, 2.75) is 57.2 Å². The third-order valence-corrected chi connectivity index (χ3v) is 9.60. The van der Waals surface area contributed by atoms with Crippen molar-refractivity contribution in [2.24, 2.45) is 17.3 Å². The van der Waals surface area contributed by atoms with Gasteiger partial charge in [-0.3, -0.25) is 0 Å². The topological polar surface area (TPSA) is 60.4 Å². The Morgan fingerprint density at radius 3 is 2.41 bits per heavy atom. The van der Waals surface area contributed by atoms with Crippen molar-refractivity contribution in [3.8, 4) is 0 Å². The van der Waals surface area contributed by atoms with E-state index in [1.54, 1.807) is 4.90 Å². The largest absolute Gasteiger partial charge is 0.419 e. The molecule has 198 valence electrons. The number of pyridine rings is 1. The Labute approximate surface area is 215 Å². The number of anilines is 4. The molecule has 10 heteroatoms. The molecule has 7 nitrogen and oxygen atoms in total. The van der Waals surface area contributed by atoms with Gasteiger partial charge in [-0.05, 0) is 74.3 Å². The van der Waals surface area contributed by atoms with Crippen LogP contribution < -0.4 is 20.0 Å². The average molecular weight is 514 g/mol. The molecule has 1 spiro atoms. The van der Waals surface area contributed by atoms with E-state index in [4.69, 9.17) is 9.97 Å². The average Bonchev–Trinajstić information content (AvgIpc) is 3.57. The molecule has 0 aromatic carbocycles. The predicted octanol–water partition coefficient (Wildman–Crippen LogP) is 4.81. The van der Waals surface area contributed by atoms with Crippen LogP contribution in [0.4, 0.5) is 36.6 Å². The molecule has 7 rings (SSSR count). The predicted molar refractivity (Wildman–Crippen MR) is 137 cm³/mol. The number of rotatable bonds is 5. The van der Waals surface area contributed by atoms with Gasteiger partial charge in [-0.2, -0.15) is 23.1 Å². The lowest BCUT2D eigenvalue weighted by atomic mass is 9.67. The molecule has 2 aromatic rings. The Kier molecular flexibility index (Phi) is 5.44. The molecule has 2 saturated heterocycles. The molecular formula is C27H34F3N7. The van der Waals surface area contributed by atoms with Gasteiger partial charge in [0.25, 0.3) is 0 Å². The zero-order valence-electron chi connectivity index (χ0n) is 21.1. The van der Waals surface area contributed by atoms with Crippen LogP contribution in [0.2, 0.25) is 0 Å². The fraction of sp³-hybridized carbons (Fsp3) is 0.667. The summed E-state index contributed by atoms with van der Waals surface area (Å²) in [6, 6.07) is 5.05. The van der Waals surface area contributed by atoms with Gasteiger partial charge < -0.3 is 20.0 Å². The summed E-state index contributed by atoms with van der Waals surface area (Å²) in [6.45, 7) is 3.98. The van der Waals surface area contributed by atoms with Crippen molar-refractivity contribution >= 4 is 23.4 Å². The molecule has 1 N–H and O–H groups in total. The zero-order valence-corrected chi connectivity index (χ0v) is 21.1. The van der Waals surface area contributed by atoms with Gasteiger partial charge in [-0.1, -0.05) is 0 Å². The number of nitrogens with one attached hydrogen (secondary N) is 1. The summed E-state index contributed by atoms with van der Waals surface area (Å²) in [5.41, 5.74) is -0.0401. The first-order valence-corrected chi connectivity index (χ1v) is 13.8. The summed E-state index contributed by atoms with van der Waals surface area (Å²) in [5, 5.41) is 3.77. The van der Waals surface area contributed by atoms with Crippen molar-refractivity contribution in [3.63, 3.8) is 0 Å². The van der Waals surface area contributed by atoms with Crippen molar-refractivity contribution in [2.75, 3.05) is 59.3 Å². The Bertz CT molecular complexity index is 1160. The van der Waals surface area contributed by atoms with Crippen molar-refractivity contribution < 1.29 is 13.2 Å². The lowest BCUT2D eigenvalue weighted by Crippen LogP contribution is -2.48. The first-order valence-electron chi connectivity index (χ1n) is 13.8. The summed E-state index contributed by atoms with van der Waals surface area (Å²) in [5.74, 6) is 4.28. The summed E-state index contributed by atoms with van der Waals surface area (Å²) in [4.78, 5) is 20.2. The lowest BCUT2D eigenvalue weighted by Gasteiger charge is -2.44. The maximum absolute atomic E-state index is 13.5. The van der Waals surface area contributed by atoms with Gasteiger partial charge in [0.1, 0.15) is 17.5 Å². The third-order valence-electron chi connectivity index (χ3n) is 9.60. The summed E-state index contributed by atoms with van der Waals surface area (Å²) >= 11 is 0.